The molecule has 0 bridgehead atoms. The van der Waals surface area contributed by atoms with Gasteiger partial charge in [-0.05, 0) is 30.5 Å². The van der Waals surface area contributed by atoms with Crippen LogP contribution >= 0.6 is 23.2 Å². The smallest absolute Gasteiger partial charge is 0.0602 e. The molecule has 0 spiro atoms. The molecule has 0 radical (unpaired) electrons. The number of aliphatic hydroxyl groups is 1. The lowest BCUT2D eigenvalue weighted by molar-refractivity contribution is 0.110. The number of benzene rings is 1. The van der Waals surface area contributed by atoms with Crippen LogP contribution in [0.5, 0.6) is 0 Å². The van der Waals surface area contributed by atoms with Crippen LogP contribution in [0.3, 0.4) is 0 Å². The Labute approximate surface area is 99.8 Å². The summed E-state index contributed by atoms with van der Waals surface area (Å²) in [4.78, 5) is 0. The van der Waals surface area contributed by atoms with E-state index in [1.807, 2.05) is 6.07 Å². The molecule has 15 heavy (non-hydrogen) atoms. The van der Waals surface area contributed by atoms with Gasteiger partial charge in [-0.1, -0.05) is 29.3 Å². The van der Waals surface area contributed by atoms with Gasteiger partial charge in [0.2, 0.25) is 0 Å². The summed E-state index contributed by atoms with van der Waals surface area (Å²) in [6.07, 6.45) is 0.791. The molecule has 0 saturated carbocycles. The summed E-state index contributed by atoms with van der Waals surface area (Å²) in [5, 5.41) is 10.7. The van der Waals surface area contributed by atoms with Crippen molar-refractivity contribution in [2.45, 2.75) is 18.9 Å². The summed E-state index contributed by atoms with van der Waals surface area (Å²) >= 11 is 11.6. The summed E-state index contributed by atoms with van der Waals surface area (Å²) in [6.45, 7) is 0.558. The first-order chi connectivity index (χ1) is 7.13. The van der Waals surface area contributed by atoms with E-state index in [9.17, 15) is 5.11 Å². The quantitative estimate of drug-likeness (QED) is 0.869. The van der Waals surface area contributed by atoms with Crippen molar-refractivity contribution in [3.63, 3.8) is 0 Å². The van der Waals surface area contributed by atoms with Gasteiger partial charge in [-0.3, -0.25) is 0 Å². The van der Waals surface area contributed by atoms with Gasteiger partial charge >= 0.3 is 0 Å². The van der Waals surface area contributed by atoms with Gasteiger partial charge < -0.3 is 9.84 Å². The first-order valence-electron chi connectivity index (χ1n) is 4.74. The first kappa shape index (κ1) is 12.8. The zero-order chi connectivity index (χ0) is 11.3. The van der Waals surface area contributed by atoms with Crippen LogP contribution in [0, 0.1) is 0 Å². The van der Waals surface area contributed by atoms with Crippen LogP contribution in [0.4, 0.5) is 0 Å². The second-order valence-electron chi connectivity index (χ2n) is 3.39. The lowest BCUT2D eigenvalue weighted by Gasteiger charge is -2.10. The van der Waals surface area contributed by atoms with Crippen LogP contribution in [-0.4, -0.2) is 24.9 Å². The normalized spacial score (nSPS) is 12.8. The van der Waals surface area contributed by atoms with Gasteiger partial charge in [-0.25, -0.2) is 0 Å². The van der Waals surface area contributed by atoms with Crippen LogP contribution in [0.15, 0.2) is 18.2 Å². The highest BCUT2D eigenvalue weighted by Gasteiger charge is 2.06. The minimum Gasteiger partial charge on any atom is -0.393 e. The van der Waals surface area contributed by atoms with Gasteiger partial charge in [0, 0.05) is 13.7 Å². The maximum absolute atomic E-state index is 9.64. The minimum atomic E-state index is -0.401. The van der Waals surface area contributed by atoms with Crippen LogP contribution in [0.2, 0.25) is 10.0 Å². The minimum absolute atomic E-state index is 0.401. The van der Waals surface area contributed by atoms with Crippen LogP contribution in [0.25, 0.3) is 0 Å². The monoisotopic (exact) mass is 248 g/mol. The molecule has 0 aliphatic rings. The van der Waals surface area contributed by atoms with Crippen LogP contribution in [0.1, 0.15) is 12.0 Å². The Kier molecular flexibility index (Phi) is 5.40. The van der Waals surface area contributed by atoms with E-state index in [-0.39, 0.29) is 0 Å². The van der Waals surface area contributed by atoms with Gasteiger partial charge in [0.25, 0.3) is 0 Å². The molecule has 1 aromatic rings. The molecule has 0 saturated heterocycles. The van der Waals surface area contributed by atoms with Gasteiger partial charge in [-0.15, -0.1) is 0 Å². The zero-order valence-corrected chi connectivity index (χ0v) is 10.1. The summed E-state index contributed by atoms with van der Waals surface area (Å²) in [5.74, 6) is 0. The van der Waals surface area contributed by atoms with Crippen LogP contribution in [-0.2, 0) is 11.2 Å². The van der Waals surface area contributed by atoms with Gasteiger partial charge in [0.1, 0.15) is 0 Å². The maximum atomic E-state index is 9.64. The van der Waals surface area contributed by atoms with Gasteiger partial charge in [-0.2, -0.15) is 0 Å². The molecule has 4 heteroatoms. The van der Waals surface area contributed by atoms with Crippen molar-refractivity contribution in [3.05, 3.63) is 33.8 Å². The van der Waals surface area contributed by atoms with Crippen molar-refractivity contribution in [2.75, 3.05) is 13.7 Å². The van der Waals surface area contributed by atoms with Crippen molar-refractivity contribution in [1.29, 1.82) is 0 Å². The number of aliphatic hydroxyl groups excluding tert-OH is 1. The molecule has 0 aliphatic carbocycles. The highest BCUT2D eigenvalue weighted by molar-refractivity contribution is 6.42. The standard InChI is InChI=1S/C11H14Cl2O2/c1-15-5-4-9(14)6-8-2-3-10(12)11(13)7-8/h2-3,7,9,14H,4-6H2,1H3. The van der Waals surface area contributed by atoms with Crippen molar-refractivity contribution < 1.29 is 9.84 Å². The van der Waals surface area contributed by atoms with E-state index < -0.39 is 6.10 Å². The van der Waals surface area contributed by atoms with Crippen LogP contribution < -0.4 is 0 Å². The van der Waals surface area contributed by atoms with E-state index >= 15 is 0 Å². The summed E-state index contributed by atoms with van der Waals surface area (Å²) in [5.41, 5.74) is 0.980. The molecular weight excluding hydrogens is 235 g/mol. The van der Waals surface area contributed by atoms with Crippen molar-refractivity contribution in [1.82, 2.24) is 0 Å². The van der Waals surface area contributed by atoms with E-state index in [2.05, 4.69) is 0 Å². The van der Waals surface area contributed by atoms with Gasteiger partial charge in [0.05, 0.1) is 16.1 Å². The third-order valence-electron chi connectivity index (χ3n) is 2.11. The molecular formula is C11H14Cl2O2. The molecule has 0 fully saturated rings. The molecule has 1 N–H and O–H groups in total. The highest BCUT2D eigenvalue weighted by atomic mass is 35.5. The van der Waals surface area contributed by atoms with E-state index in [4.69, 9.17) is 27.9 Å². The zero-order valence-electron chi connectivity index (χ0n) is 8.54. The predicted octanol–water partition coefficient (Wildman–Crippen LogP) is 2.93. The lowest BCUT2D eigenvalue weighted by atomic mass is 10.1. The molecule has 1 rings (SSSR count). The third kappa shape index (κ3) is 4.39. The fourth-order valence-corrected chi connectivity index (χ4v) is 1.62. The summed E-state index contributed by atoms with van der Waals surface area (Å²) in [7, 11) is 1.62. The molecule has 1 aromatic carbocycles. The van der Waals surface area contributed by atoms with E-state index in [0.29, 0.717) is 29.5 Å². The fourth-order valence-electron chi connectivity index (χ4n) is 1.29. The largest absolute Gasteiger partial charge is 0.393 e. The Hall–Kier alpha value is -0.280. The third-order valence-corrected chi connectivity index (χ3v) is 2.85. The fraction of sp³-hybridized carbons (Fsp3) is 0.455. The number of hydrogen-bond acceptors (Lipinski definition) is 2. The Morgan fingerprint density at radius 1 is 1.33 bits per heavy atom. The molecule has 0 amide bonds. The Morgan fingerprint density at radius 2 is 2.07 bits per heavy atom. The topological polar surface area (TPSA) is 29.5 Å². The molecule has 1 atom stereocenters. The molecule has 0 aliphatic heterocycles. The SMILES string of the molecule is COCCC(O)Cc1ccc(Cl)c(Cl)c1. The second kappa shape index (κ2) is 6.33. The average Bonchev–Trinajstić information content (AvgIpc) is 2.20. The average molecular weight is 249 g/mol. The molecule has 1 unspecified atom stereocenters. The Balaban J connectivity index is 2.53. The predicted molar refractivity (Wildman–Crippen MR) is 62.7 cm³/mol. The number of hydrogen-bond donors (Lipinski definition) is 1. The van der Waals surface area contributed by atoms with E-state index in [1.54, 1.807) is 19.2 Å². The summed E-state index contributed by atoms with van der Waals surface area (Å²) < 4.78 is 4.89. The second-order valence-corrected chi connectivity index (χ2v) is 4.20. The van der Waals surface area contributed by atoms with Crippen molar-refractivity contribution in [3.8, 4) is 0 Å². The first-order valence-corrected chi connectivity index (χ1v) is 5.50. The summed E-state index contributed by atoms with van der Waals surface area (Å²) in [6, 6.07) is 5.38. The lowest BCUT2D eigenvalue weighted by Crippen LogP contribution is -2.12. The number of ether oxygens (including phenoxy) is 1. The van der Waals surface area contributed by atoms with Gasteiger partial charge in [0.15, 0.2) is 0 Å². The van der Waals surface area contributed by atoms with E-state index in [1.165, 1.54) is 0 Å². The number of halogens is 2. The maximum Gasteiger partial charge on any atom is 0.0602 e. The Morgan fingerprint density at radius 3 is 2.67 bits per heavy atom. The molecule has 0 aromatic heterocycles. The van der Waals surface area contributed by atoms with Crippen molar-refractivity contribution in [2.24, 2.45) is 0 Å². The molecule has 84 valence electrons. The Bertz CT molecular complexity index is 315. The number of methoxy groups -OCH3 is 1. The number of rotatable bonds is 5. The highest BCUT2D eigenvalue weighted by Crippen LogP contribution is 2.23. The van der Waals surface area contributed by atoms with Crippen molar-refractivity contribution >= 4 is 23.2 Å². The molecule has 2 nitrogen and oxygen atoms in total. The van der Waals surface area contributed by atoms with E-state index in [0.717, 1.165) is 5.56 Å². The molecule has 0 heterocycles.